The van der Waals surface area contributed by atoms with Crippen molar-refractivity contribution in [1.29, 1.82) is 0 Å². The van der Waals surface area contributed by atoms with Gasteiger partial charge in [0, 0.05) is 44.8 Å². The van der Waals surface area contributed by atoms with Crippen molar-refractivity contribution in [3.8, 4) is 17.0 Å². The van der Waals surface area contributed by atoms with Gasteiger partial charge in [0.25, 0.3) is 0 Å². The molecule has 2 atom stereocenters. The molecule has 1 saturated heterocycles. The van der Waals surface area contributed by atoms with Crippen molar-refractivity contribution in [2.24, 2.45) is 0 Å². The number of benzene rings is 2. The number of methoxy groups -OCH3 is 2. The minimum Gasteiger partial charge on any atom is -0.488 e. The molecule has 3 aromatic rings. The lowest BCUT2D eigenvalue weighted by molar-refractivity contribution is -0.139. The van der Waals surface area contributed by atoms with Crippen LogP contribution in [0.15, 0.2) is 60.8 Å². The summed E-state index contributed by atoms with van der Waals surface area (Å²) in [7, 11) is 3.21. The number of nitrogen functional groups attached to an aromatic ring is 1. The molecule has 34 heavy (non-hydrogen) atoms. The maximum absolute atomic E-state index is 6.18. The topological polar surface area (TPSA) is 101 Å². The lowest BCUT2D eigenvalue weighted by Crippen LogP contribution is -2.31. The Labute approximate surface area is 199 Å². The molecule has 180 valence electrons. The van der Waals surface area contributed by atoms with Crippen molar-refractivity contribution in [2.75, 3.05) is 51.5 Å². The molecule has 0 saturated carbocycles. The van der Waals surface area contributed by atoms with E-state index in [1.165, 1.54) is 0 Å². The van der Waals surface area contributed by atoms with E-state index in [9.17, 15) is 0 Å². The number of ether oxygens (including phenoxy) is 5. The zero-order valence-corrected chi connectivity index (χ0v) is 19.4. The van der Waals surface area contributed by atoms with Crippen LogP contribution in [0.5, 0.6) is 5.75 Å². The van der Waals surface area contributed by atoms with Gasteiger partial charge < -0.3 is 34.3 Å². The Morgan fingerprint density at radius 1 is 0.941 bits per heavy atom. The first kappa shape index (κ1) is 23.9. The molecule has 0 aliphatic carbocycles. The third-order valence-electron chi connectivity index (χ3n) is 5.53. The van der Waals surface area contributed by atoms with Crippen molar-refractivity contribution >= 4 is 11.6 Å². The number of nitrogens with zero attached hydrogens (tertiary/aromatic N) is 3. The molecule has 2 aromatic carbocycles. The van der Waals surface area contributed by atoms with E-state index < -0.39 is 0 Å². The molecular weight excluding hydrogens is 436 g/mol. The number of rotatable bonds is 11. The molecule has 9 heteroatoms. The average molecular weight is 467 g/mol. The van der Waals surface area contributed by atoms with Crippen molar-refractivity contribution in [3.05, 3.63) is 66.4 Å². The Kier molecular flexibility index (Phi) is 8.26. The van der Waals surface area contributed by atoms with Crippen LogP contribution in [0, 0.1) is 0 Å². The second-order valence-corrected chi connectivity index (χ2v) is 7.88. The summed E-state index contributed by atoms with van der Waals surface area (Å²) in [6.45, 7) is 2.13. The predicted molar refractivity (Wildman–Crippen MR) is 128 cm³/mol. The molecule has 0 bridgehead atoms. The second kappa shape index (κ2) is 11.8. The second-order valence-electron chi connectivity index (χ2n) is 7.88. The van der Waals surface area contributed by atoms with Crippen molar-refractivity contribution in [3.63, 3.8) is 0 Å². The van der Waals surface area contributed by atoms with Gasteiger partial charge in [0.1, 0.15) is 38.2 Å². The molecule has 1 aromatic heterocycles. The van der Waals surface area contributed by atoms with Crippen LogP contribution in [0.1, 0.15) is 5.56 Å². The van der Waals surface area contributed by atoms with Crippen LogP contribution in [0.4, 0.5) is 11.6 Å². The largest absolute Gasteiger partial charge is 0.488 e. The third kappa shape index (κ3) is 6.00. The highest BCUT2D eigenvalue weighted by Crippen LogP contribution is 2.35. The molecule has 2 heterocycles. The van der Waals surface area contributed by atoms with Gasteiger partial charge in [-0.1, -0.05) is 30.3 Å². The highest BCUT2D eigenvalue weighted by Gasteiger charge is 2.35. The average Bonchev–Trinajstić information content (AvgIpc) is 3.28. The standard InChI is InChI=1S/C25H30N4O5/c1-30-16-33-23-13-29(14-24(23)34-17-31-2)19-8-9-22(32-15-18-6-4-3-5-7-18)20(12-19)21-10-11-27-25(26)28-21/h3-12,23-24H,13-17H2,1-2H3,(H2,26,27,28)/t23-,24-/m0/s1. The number of nitrogens with two attached hydrogens (primary N) is 1. The lowest BCUT2D eigenvalue weighted by Gasteiger charge is -2.21. The van der Waals surface area contributed by atoms with Gasteiger partial charge >= 0.3 is 0 Å². The highest BCUT2D eigenvalue weighted by atomic mass is 16.7. The summed E-state index contributed by atoms with van der Waals surface area (Å²) in [6, 6.07) is 17.9. The van der Waals surface area contributed by atoms with E-state index >= 15 is 0 Å². The molecule has 0 amide bonds. The fourth-order valence-electron chi connectivity index (χ4n) is 3.89. The van der Waals surface area contributed by atoms with Crippen molar-refractivity contribution < 1.29 is 23.7 Å². The fourth-order valence-corrected chi connectivity index (χ4v) is 3.89. The van der Waals surface area contributed by atoms with E-state index in [1.807, 2.05) is 54.6 Å². The summed E-state index contributed by atoms with van der Waals surface area (Å²) < 4.78 is 28.1. The fraction of sp³-hybridized carbons (Fsp3) is 0.360. The Morgan fingerprint density at radius 2 is 1.65 bits per heavy atom. The van der Waals surface area contributed by atoms with Crippen molar-refractivity contribution in [2.45, 2.75) is 18.8 Å². The van der Waals surface area contributed by atoms with Crippen LogP contribution < -0.4 is 15.4 Å². The monoisotopic (exact) mass is 466 g/mol. The number of aromatic nitrogens is 2. The molecule has 1 aliphatic heterocycles. The van der Waals surface area contributed by atoms with E-state index in [2.05, 4.69) is 14.9 Å². The number of hydrogen-bond donors (Lipinski definition) is 1. The normalized spacial score (nSPS) is 17.8. The SMILES string of the molecule is COCO[C@H]1CN(c2ccc(OCc3ccccc3)c(-c3ccnc(N)n3)c2)C[C@@H]1OCOC. The van der Waals surface area contributed by atoms with Crippen LogP contribution in [-0.4, -0.2) is 63.1 Å². The maximum Gasteiger partial charge on any atom is 0.220 e. The molecule has 0 unspecified atom stereocenters. The first-order valence-electron chi connectivity index (χ1n) is 11.0. The molecule has 1 aliphatic rings. The maximum atomic E-state index is 6.18. The van der Waals surface area contributed by atoms with E-state index in [-0.39, 0.29) is 31.7 Å². The van der Waals surface area contributed by atoms with Crippen LogP contribution in [-0.2, 0) is 25.6 Å². The molecule has 2 N–H and O–H groups in total. The molecule has 4 rings (SSSR count). The van der Waals surface area contributed by atoms with E-state index in [0.717, 1.165) is 16.8 Å². The van der Waals surface area contributed by atoms with E-state index in [0.29, 0.717) is 31.1 Å². The summed E-state index contributed by atoms with van der Waals surface area (Å²) in [5.74, 6) is 0.920. The Hall–Kier alpha value is -3.24. The Morgan fingerprint density at radius 3 is 2.29 bits per heavy atom. The molecule has 1 fully saturated rings. The van der Waals surface area contributed by atoms with Gasteiger partial charge in [-0.25, -0.2) is 9.97 Å². The Balaban J connectivity index is 1.60. The summed E-state index contributed by atoms with van der Waals surface area (Å²) in [6.07, 6.45) is 1.34. The first-order valence-corrected chi connectivity index (χ1v) is 11.0. The molecule has 9 nitrogen and oxygen atoms in total. The number of anilines is 2. The summed E-state index contributed by atoms with van der Waals surface area (Å²) in [5, 5.41) is 0. The highest BCUT2D eigenvalue weighted by molar-refractivity contribution is 5.73. The zero-order chi connectivity index (χ0) is 23.8. The van der Waals surface area contributed by atoms with Gasteiger partial charge in [-0.15, -0.1) is 0 Å². The molecule has 0 spiro atoms. The van der Waals surface area contributed by atoms with Crippen molar-refractivity contribution in [1.82, 2.24) is 9.97 Å². The van der Waals surface area contributed by atoms with Gasteiger partial charge in [-0.3, -0.25) is 0 Å². The summed E-state index contributed by atoms with van der Waals surface area (Å²) >= 11 is 0. The lowest BCUT2D eigenvalue weighted by atomic mass is 10.1. The minimum atomic E-state index is -0.151. The summed E-state index contributed by atoms with van der Waals surface area (Å²) in [4.78, 5) is 10.7. The van der Waals surface area contributed by atoms with Gasteiger partial charge in [0.05, 0.1) is 5.69 Å². The van der Waals surface area contributed by atoms with E-state index in [4.69, 9.17) is 29.4 Å². The van der Waals surface area contributed by atoms with Gasteiger partial charge in [0.15, 0.2) is 0 Å². The first-order chi connectivity index (χ1) is 16.7. The molecular formula is C25H30N4O5. The smallest absolute Gasteiger partial charge is 0.220 e. The van der Waals surface area contributed by atoms with Gasteiger partial charge in [0.2, 0.25) is 5.95 Å². The van der Waals surface area contributed by atoms with Gasteiger partial charge in [-0.2, -0.15) is 0 Å². The third-order valence-corrected chi connectivity index (χ3v) is 5.53. The Bertz CT molecular complexity index is 1040. The molecule has 0 radical (unpaired) electrons. The number of hydrogen-bond acceptors (Lipinski definition) is 9. The minimum absolute atomic E-state index is 0.151. The van der Waals surface area contributed by atoms with Gasteiger partial charge in [-0.05, 0) is 29.8 Å². The van der Waals surface area contributed by atoms with Crippen LogP contribution in [0.2, 0.25) is 0 Å². The van der Waals surface area contributed by atoms with Crippen LogP contribution in [0.3, 0.4) is 0 Å². The van der Waals surface area contributed by atoms with Crippen LogP contribution >= 0.6 is 0 Å². The predicted octanol–water partition coefficient (Wildman–Crippen LogP) is 3.10. The zero-order valence-electron chi connectivity index (χ0n) is 19.4. The van der Waals surface area contributed by atoms with E-state index in [1.54, 1.807) is 20.4 Å². The summed E-state index contributed by atoms with van der Waals surface area (Å²) in [5.41, 5.74) is 9.47. The quantitative estimate of drug-likeness (QED) is 0.427. The van der Waals surface area contributed by atoms with Crippen LogP contribution in [0.25, 0.3) is 11.3 Å².